The molecule has 1 aromatic carbocycles. The van der Waals surface area contributed by atoms with Crippen LogP contribution in [0.15, 0.2) is 30.4 Å². The summed E-state index contributed by atoms with van der Waals surface area (Å²) in [7, 11) is 0. The number of halogens is 2. The van der Waals surface area contributed by atoms with E-state index < -0.39 is 17.6 Å². The van der Waals surface area contributed by atoms with Crippen LogP contribution >= 0.6 is 0 Å². The predicted molar refractivity (Wildman–Crippen MR) is 51.6 cm³/mol. The summed E-state index contributed by atoms with van der Waals surface area (Å²) >= 11 is 0. The number of anilines is 1. The van der Waals surface area contributed by atoms with Gasteiger partial charge < -0.3 is 10.4 Å². The number of benzene rings is 1. The van der Waals surface area contributed by atoms with Crippen LogP contribution in [0.4, 0.5) is 14.5 Å². The van der Waals surface area contributed by atoms with Crippen LogP contribution < -0.4 is 5.32 Å². The molecule has 0 aliphatic rings. The first-order valence-electron chi connectivity index (χ1n) is 4.17. The molecule has 0 saturated heterocycles. The second-order valence-corrected chi connectivity index (χ2v) is 2.78. The molecule has 0 amide bonds. The highest BCUT2D eigenvalue weighted by atomic mass is 19.1. The number of aliphatic carboxylic acids is 1. The zero-order chi connectivity index (χ0) is 11.3. The Morgan fingerprint density at radius 1 is 1.33 bits per heavy atom. The van der Waals surface area contributed by atoms with E-state index in [2.05, 4.69) is 5.32 Å². The van der Waals surface area contributed by atoms with Crippen molar-refractivity contribution in [3.8, 4) is 0 Å². The largest absolute Gasteiger partial charge is 0.478 e. The highest BCUT2D eigenvalue weighted by Crippen LogP contribution is 2.12. The van der Waals surface area contributed by atoms with E-state index in [4.69, 9.17) is 5.11 Å². The van der Waals surface area contributed by atoms with E-state index in [1.165, 1.54) is 6.08 Å². The van der Waals surface area contributed by atoms with Crippen molar-refractivity contribution in [3.05, 3.63) is 42.0 Å². The van der Waals surface area contributed by atoms with Crippen molar-refractivity contribution in [1.29, 1.82) is 0 Å². The summed E-state index contributed by atoms with van der Waals surface area (Å²) in [5.74, 6) is -2.43. The quantitative estimate of drug-likeness (QED) is 0.752. The van der Waals surface area contributed by atoms with Gasteiger partial charge in [0.25, 0.3) is 0 Å². The van der Waals surface area contributed by atoms with Gasteiger partial charge in [0.05, 0.1) is 0 Å². The molecule has 3 nitrogen and oxygen atoms in total. The van der Waals surface area contributed by atoms with Crippen LogP contribution in [-0.2, 0) is 4.79 Å². The molecule has 5 heteroatoms. The molecule has 1 aromatic rings. The average Bonchev–Trinajstić information content (AvgIpc) is 2.10. The van der Waals surface area contributed by atoms with Crippen molar-refractivity contribution in [1.82, 2.24) is 0 Å². The molecule has 80 valence electrons. The fraction of sp³-hybridized carbons (Fsp3) is 0.100. The first-order chi connectivity index (χ1) is 7.08. The van der Waals surface area contributed by atoms with Gasteiger partial charge in [-0.2, -0.15) is 0 Å². The number of carbonyl (C=O) groups is 1. The molecule has 0 aromatic heterocycles. The van der Waals surface area contributed by atoms with Crippen LogP contribution in [0.1, 0.15) is 0 Å². The number of carboxylic acids is 1. The molecule has 0 saturated carbocycles. The standard InChI is InChI=1S/C10H9F2NO2/c11-7-4-8(12)6-9(5-7)13-3-1-2-10(14)15/h1-2,4-6,13H,3H2,(H,14,15)/b2-1+. The summed E-state index contributed by atoms with van der Waals surface area (Å²) in [6.45, 7) is 0.190. The summed E-state index contributed by atoms with van der Waals surface area (Å²) in [6, 6.07) is 3.01. The van der Waals surface area contributed by atoms with E-state index in [9.17, 15) is 13.6 Å². The Bertz CT molecular complexity index is 371. The van der Waals surface area contributed by atoms with Gasteiger partial charge in [0.2, 0.25) is 0 Å². The first kappa shape index (κ1) is 11.2. The molecule has 0 atom stereocenters. The molecule has 1 rings (SSSR count). The average molecular weight is 213 g/mol. The van der Waals surface area contributed by atoms with Crippen molar-refractivity contribution in [3.63, 3.8) is 0 Å². The van der Waals surface area contributed by atoms with Crippen molar-refractivity contribution >= 4 is 11.7 Å². The predicted octanol–water partition coefficient (Wildman–Crippen LogP) is 2.02. The number of carboxylic acid groups (broad SMARTS) is 1. The number of nitrogens with one attached hydrogen (secondary N) is 1. The second-order valence-electron chi connectivity index (χ2n) is 2.78. The smallest absolute Gasteiger partial charge is 0.328 e. The fourth-order valence-electron chi connectivity index (χ4n) is 0.992. The molecular formula is C10H9F2NO2. The van der Waals surface area contributed by atoms with E-state index in [1.54, 1.807) is 0 Å². The molecule has 2 N–H and O–H groups in total. The normalized spacial score (nSPS) is 10.5. The summed E-state index contributed by atoms with van der Waals surface area (Å²) in [5, 5.41) is 10.9. The zero-order valence-electron chi connectivity index (χ0n) is 7.71. The topological polar surface area (TPSA) is 49.3 Å². The van der Waals surface area contributed by atoms with Crippen molar-refractivity contribution in [2.75, 3.05) is 11.9 Å². The summed E-state index contributed by atoms with van der Waals surface area (Å²) in [6.07, 6.45) is 2.29. The summed E-state index contributed by atoms with van der Waals surface area (Å²) in [5.41, 5.74) is 0.266. The molecule has 0 fully saturated rings. The summed E-state index contributed by atoms with van der Waals surface area (Å²) in [4.78, 5) is 10.1. The monoisotopic (exact) mass is 213 g/mol. The van der Waals surface area contributed by atoms with E-state index >= 15 is 0 Å². The minimum Gasteiger partial charge on any atom is -0.478 e. The zero-order valence-corrected chi connectivity index (χ0v) is 7.71. The fourth-order valence-corrected chi connectivity index (χ4v) is 0.992. The minimum atomic E-state index is -1.07. The van der Waals surface area contributed by atoms with Gasteiger partial charge in [0.15, 0.2) is 0 Å². The third-order valence-electron chi connectivity index (χ3n) is 1.55. The van der Waals surface area contributed by atoms with Gasteiger partial charge in [0, 0.05) is 24.4 Å². The lowest BCUT2D eigenvalue weighted by Gasteiger charge is -2.02. The van der Waals surface area contributed by atoms with Crippen LogP contribution in [-0.4, -0.2) is 17.6 Å². The lowest BCUT2D eigenvalue weighted by Crippen LogP contribution is -2.00. The maximum Gasteiger partial charge on any atom is 0.328 e. The van der Waals surface area contributed by atoms with Gasteiger partial charge in [-0.3, -0.25) is 0 Å². The SMILES string of the molecule is O=C(O)/C=C/CNc1cc(F)cc(F)c1. The van der Waals surface area contributed by atoms with Crippen molar-refractivity contribution < 1.29 is 18.7 Å². The molecule has 0 spiro atoms. The van der Waals surface area contributed by atoms with Crippen LogP contribution in [0, 0.1) is 11.6 Å². The maximum atomic E-state index is 12.7. The van der Waals surface area contributed by atoms with E-state index in [0.717, 1.165) is 24.3 Å². The van der Waals surface area contributed by atoms with Gasteiger partial charge in [0.1, 0.15) is 11.6 Å². The Kier molecular flexibility index (Phi) is 3.79. The van der Waals surface area contributed by atoms with Crippen molar-refractivity contribution in [2.24, 2.45) is 0 Å². The summed E-state index contributed by atoms with van der Waals surface area (Å²) < 4.78 is 25.3. The molecule has 0 bridgehead atoms. The van der Waals surface area contributed by atoms with E-state index in [-0.39, 0.29) is 12.2 Å². The molecular weight excluding hydrogens is 204 g/mol. The van der Waals surface area contributed by atoms with Crippen molar-refractivity contribution in [2.45, 2.75) is 0 Å². The van der Waals surface area contributed by atoms with Crippen LogP contribution in [0.5, 0.6) is 0 Å². The van der Waals surface area contributed by atoms with Gasteiger partial charge in [-0.15, -0.1) is 0 Å². The number of rotatable bonds is 4. The molecule has 15 heavy (non-hydrogen) atoms. The Morgan fingerprint density at radius 3 is 2.47 bits per heavy atom. The number of hydrogen-bond acceptors (Lipinski definition) is 2. The molecule has 0 radical (unpaired) electrons. The Labute approximate surface area is 85.0 Å². The molecule has 0 aliphatic heterocycles. The van der Waals surface area contributed by atoms with Crippen LogP contribution in [0.25, 0.3) is 0 Å². The van der Waals surface area contributed by atoms with Gasteiger partial charge in [-0.25, -0.2) is 13.6 Å². The Hall–Kier alpha value is -1.91. The van der Waals surface area contributed by atoms with Gasteiger partial charge in [-0.1, -0.05) is 6.08 Å². The van der Waals surface area contributed by atoms with E-state index in [1.807, 2.05) is 0 Å². The second kappa shape index (κ2) is 5.09. The Balaban J connectivity index is 2.54. The first-order valence-corrected chi connectivity index (χ1v) is 4.17. The highest BCUT2D eigenvalue weighted by molar-refractivity contribution is 5.79. The molecule has 0 unspecified atom stereocenters. The molecule has 0 heterocycles. The van der Waals surface area contributed by atoms with Crippen LogP contribution in [0.3, 0.4) is 0 Å². The third kappa shape index (κ3) is 4.21. The van der Waals surface area contributed by atoms with Crippen LogP contribution in [0.2, 0.25) is 0 Å². The lowest BCUT2D eigenvalue weighted by atomic mass is 10.3. The Morgan fingerprint density at radius 2 is 1.93 bits per heavy atom. The van der Waals surface area contributed by atoms with Gasteiger partial charge >= 0.3 is 5.97 Å². The number of hydrogen-bond donors (Lipinski definition) is 2. The third-order valence-corrected chi connectivity index (χ3v) is 1.55. The van der Waals surface area contributed by atoms with E-state index in [0.29, 0.717) is 0 Å². The maximum absolute atomic E-state index is 12.7. The lowest BCUT2D eigenvalue weighted by molar-refractivity contribution is -0.131. The van der Waals surface area contributed by atoms with Gasteiger partial charge in [-0.05, 0) is 12.1 Å². The molecule has 0 aliphatic carbocycles. The highest BCUT2D eigenvalue weighted by Gasteiger charge is 1.98. The minimum absolute atomic E-state index is 0.190.